The molecule has 1 fully saturated rings. The zero-order valence-corrected chi connectivity index (χ0v) is 24.3. The van der Waals surface area contributed by atoms with Crippen LogP contribution in [0.15, 0.2) is 48.0 Å². The number of ether oxygens (including phenoxy) is 1. The number of likely N-dealkylation sites (N-methyl/N-ethyl adjacent to an activating group) is 1. The van der Waals surface area contributed by atoms with Crippen molar-refractivity contribution in [1.82, 2.24) is 9.80 Å². The molecular weight excluding hydrogens is 476 g/mol. The van der Waals surface area contributed by atoms with E-state index in [1.807, 2.05) is 37.3 Å². The molecule has 0 aromatic heterocycles. The summed E-state index contributed by atoms with van der Waals surface area (Å²) in [7, 11) is 0. The Labute approximate surface area is 228 Å². The third-order valence-corrected chi connectivity index (χ3v) is 7.22. The van der Waals surface area contributed by atoms with E-state index in [1.54, 1.807) is 17.0 Å². The normalized spacial score (nSPS) is 17.6. The number of ketones is 1. The van der Waals surface area contributed by atoms with Gasteiger partial charge in [0.05, 0.1) is 18.2 Å². The van der Waals surface area contributed by atoms with E-state index >= 15 is 0 Å². The number of nitrogens with zero attached hydrogens (tertiary/aromatic N) is 2. The van der Waals surface area contributed by atoms with E-state index in [1.165, 1.54) is 0 Å². The molecule has 0 saturated carbocycles. The number of aliphatic hydroxyl groups excluding tert-OH is 1. The standard InChI is InChI=1S/C32H44N2O4/c1-9-33(10-2)17-18-34-28(23-11-13-24(14-12-23)32(6,7)8)27(30(36)31(34)37)29(35)26-16-15-25(19-22(26)5)38-20-21(3)4/h11-16,19,21,28,35H,9-10,17-18,20H2,1-8H3/b29-27+/t28-/m1/s1. The van der Waals surface area contributed by atoms with Crippen LogP contribution in [-0.2, 0) is 15.0 Å². The quantitative estimate of drug-likeness (QED) is 0.233. The highest BCUT2D eigenvalue weighted by atomic mass is 16.5. The summed E-state index contributed by atoms with van der Waals surface area (Å²) in [5.41, 5.74) is 3.39. The molecular formula is C32H44N2O4. The Morgan fingerprint density at radius 2 is 1.68 bits per heavy atom. The van der Waals surface area contributed by atoms with Gasteiger partial charge >= 0.3 is 0 Å². The number of hydrogen-bond donors (Lipinski definition) is 1. The predicted molar refractivity (Wildman–Crippen MR) is 153 cm³/mol. The highest BCUT2D eigenvalue weighted by molar-refractivity contribution is 6.46. The van der Waals surface area contributed by atoms with Gasteiger partial charge in [0.1, 0.15) is 11.5 Å². The van der Waals surface area contributed by atoms with E-state index in [9.17, 15) is 14.7 Å². The van der Waals surface area contributed by atoms with Gasteiger partial charge in [0.25, 0.3) is 11.7 Å². The molecule has 1 aliphatic rings. The molecule has 0 spiro atoms. The van der Waals surface area contributed by atoms with Gasteiger partial charge < -0.3 is 19.6 Å². The molecule has 3 rings (SSSR count). The fourth-order valence-corrected chi connectivity index (χ4v) is 4.81. The second-order valence-corrected chi connectivity index (χ2v) is 11.6. The van der Waals surface area contributed by atoms with Gasteiger partial charge in [-0.15, -0.1) is 0 Å². The average molecular weight is 521 g/mol. The lowest BCUT2D eigenvalue weighted by molar-refractivity contribution is -0.140. The number of benzene rings is 2. The highest BCUT2D eigenvalue weighted by Gasteiger charge is 2.46. The van der Waals surface area contributed by atoms with Crippen LogP contribution < -0.4 is 4.74 Å². The minimum Gasteiger partial charge on any atom is -0.507 e. The Balaban J connectivity index is 2.09. The molecule has 1 amide bonds. The van der Waals surface area contributed by atoms with Crippen molar-refractivity contribution < 1.29 is 19.4 Å². The molecule has 6 nitrogen and oxygen atoms in total. The van der Waals surface area contributed by atoms with Crippen LogP contribution in [0.3, 0.4) is 0 Å². The lowest BCUT2D eigenvalue weighted by atomic mass is 9.85. The van der Waals surface area contributed by atoms with Crippen molar-refractivity contribution in [2.75, 3.05) is 32.8 Å². The predicted octanol–water partition coefficient (Wildman–Crippen LogP) is 6.09. The van der Waals surface area contributed by atoms with E-state index in [0.29, 0.717) is 36.9 Å². The molecule has 2 aromatic carbocycles. The molecule has 38 heavy (non-hydrogen) atoms. The van der Waals surface area contributed by atoms with E-state index in [0.717, 1.165) is 29.8 Å². The lowest BCUT2D eigenvalue weighted by Gasteiger charge is -2.29. The third kappa shape index (κ3) is 6.47. The second kappa shape index (κ2) is 12.2. The maximum absolute atomic E-state index is 13.4. The zero-order chi connectivity index (χ0) is 28.2. The number of amides is 1. The Morgan fingerprint density at radius 3 is 2.21 bits per heavy atom. The van der Waals surface area contributed by atoms with Crippen LogP contribution >= 0.6 is 0 Å². The van der Waals surface area contributed by atoms with Crippen LogP contribution in [0.4, 0.5) is 0 Å². The fourth-order valence-electron chi connectivity index (χ4n) is 4.81. The minimum atomic E-state index is -0.657. The van der Waals surface area contributed by atoms with Crippen LogP contribution in [0, 0.1) is 12.8 Å². The molecule has 6 heteroatoms. The molecule has 1 N–H and O–H groups in total. The van der Waals surface area contributed by atoms with Gasteiger partial charge in [0, 0.05) is 18.7 Å². The number of likely N-dealkylation sites (tertiary alicyclic amines) is 1. The van der Waals surface area contributed by atoms with Crippen molar-refractivity contribution in [2.24, 2.45) is 5.92 Å². The maximum Gasteiger partial charge on any atom is 0.295 e. The Hall–Kier alpha value is -3.12. The molecule has 0 unspecified atom stereocenters. The Morgan fingerprint density at radius 1 is 1.05 bits per heavy atom. The van der Waals surface area contributed by atoms with Gasteiger partial charge in [-0.3, -0.25) is 9.59 Å². The maximum atomic E-state index is 13.4. The summed E-state index contributed by atoms with van der Waals surface area (Å²) in [6, 6.07) is 12.8. The van der Waals surface area contributed by atoms with Gasteiger partial charge in [-0.1, -0.05) is 72.7 Å². The molecule has 1 aliphatic heterocycles. The summed E-state index contributed by atoms with van der Waals surface area (Å²) in [6.45, 7) is 20.0. The smallest absolute Gasteiger partial charge is 0.295 e. The van der Waals surface area contributed by atoms with Gasteiger partial charge in [-0.25, -0.2) is 0 Å². The summed E-state index contributed by atoms with van der Waals surface area (Å²) in [6.07, 6.45) is 0. The summed E-state index contributed by atoms with van der Waals surface area (Å²) < 4.78 is 5.84. The number of Topliss-reactive ketones (excluding diaryl/α,β-unsaturated/α-hetero) is 1. The molecule has 0 bridgehead atoms. The van der Waals surface area contributed by atoms with Crippen molar-refractivity contribution in [3.63, 3.8) is 0 Å². The first kappa shape index (κ1) is 29.4. The molecule has 206 valence electrons. The molecule has 0 radical (unpaired) electrons. The van der Waals surface area contributed by atoms with Crippen LogP contribution in [0.25, 0.3) is 5.76 Å². The van der Waals surface area contributed by atoms with E-state index in [2.05, 4.69) is 53.4 Å². The average Bonchev–Trinajstić information content (AvgIpc) is 3.12. The summed E-state index contributed by atoms with van der Waals surface area (Å²) >= 11 is 0. The molecule has 1 atom stereocenters. The summed E-state index contributed by atoms with van der Waals surface area (Å²) in [5, 5.41) is 11.5. The van der Waals surface area contributed by atoms with Crippen LogP contribution in [0.1, 0.15) is 76.8 Å². The number of hydrogen-bond acceptors (Lipinski definition) is 5. The first-order valence-corrected chi connectivity index (χ1v) is 13.7. The Bertz CT molecular complexity index is 1170. The first-order valence-electron chi connectivity index (χ1n) is 13.7. The second-order valence-electron chi connectivity index (χ2n) is 11.6. The van der Waals surface area contributed by atoms with E-state index < -0.39 is 17.7 Å². The monoisotopic (exact) mass is 520 g/mol. The largest absolute Gasteiger partial charge is 0.507 e. The number of aryl methyl sites for hydroxylation is 1. The van der Waals surface area contributed by atoms with Crippen molar-refractivity contribution in [2.45, 2.75) is 66.8 Å². The van der Waals surface area contributed by atoms with Crippen molar-refractivity contribution in [1.29, 1.82) is 0 Å². The highest BCUT2D eigenvalue weighted by Crippen LogP contribution is 2.40. The number of carbonyl (C=O) groups is 2. The lowest BCUT2D eigenvalue weighted by Crippen LogP contribution is -2.38. The fraction of sp³-hybridized carbons (Fsp3) is 0.500. The number of carbonyl (C=O) groups excluding carboxylic acids is 2. The zero-order valence-electron chi connectivity index (χ0n) is 24.3. The minimum absolute atomic E-state index is 0.0282. The number of rotatable bonds is 10. The summed E-state index contributed by atoms with van der Waals surface area (Å²) in [4.78, 5) is 30.6. The van der Waals surface area contributed by atoms with Crippen LogP contribution in [-0.4, -0.2) is 59.4 Å². The molecule has 1 heterocycles. The SMILES string of the molecule is CCN(CC)CCN1C(=O)C(=O)/C(=C(/O)c2ccc(OCC(C)C)cc2C)[C@H]1c1ccc(C(C)(C)C)cc1. The van der Waals surface area contributed by atoms with Crippen LogP contribution in [0.5, 0.6) is 5.75 Å². The van der Waals surface area contributed by atoms with Gasteiger partial charge in [-0.2, -0.15) is 0 Å². The Kier molecular flexibility index (Phi) is 9.42. The summed E-state index contributed by atoms with van der Waals surface area (Å²) in [5.74, 6) is -0.266. The molecule has 1 saturated heterocycles. The van der Waals surface area contributed by atoms with Gasteiger partial charge in [-0.05, 0) is 66.2 Å². The van der Waals surface area contributed by atoms with Crippen molar-refractivity contribution >= 4 is 17.4 Å². The van der Waals surface area contributed by atoms with Crippen molar-refractivity contribution in [3.05, 3.63) is 70.3 Å². The topological polar surface area (TPSA) is 70.1 Å². The third-order valence-electron chi connectivity index (χ3n) is 7.22. The van der Waals surface area contributed by atoms with Gasteiger partial charge in [0.2, 0.25) is 0 Å². The van der Waals surface area contributed by atoms with Crippen LogP contribution in [0.2, 0.25) is 0 Å². The number of aliphatic hydroxyl groups is 1. The molecule has 0 aliphatic carbocycles. The molecule has 2 aromatic rings. The van der Waals surface area contributed by atoms with E-state index in [4.69, 9.17) is 4.74 Å². The van der Waals surface area contributed by atoms with Crippen molar-refractivity contribution in [3.8, 4) is 5.75 Å². The van der Waals surface area contributed by atoms with Gasteiger partial charge in [0.15, 0.2) is 0 Å². The first-order chi connectivity index (χ1) is 17.9. The van der Waals surface area contributed by atoms with E-state index in [-0.39, 0.29) is 16.7 Å².